The molecule has 0 heterocycles. The van der Waals surface area contributed by atoms with Gasteiger partial charge in [-0.1, -0.05) is 96.6 Å². The third-order valence-electron chi connectivity index (χ3n) is 6.07. The highest BCUT2D eigenvalue weighted by Gasteiger charge is 2.41. The average molecular weight is 461 g/mol. The quantitative estimate of drug-likeness (QED) is 0.0763. The van der Waals surface area contributed by atoms with Gasteiger partial charge in [-0.2, -0.15) is 0 Å². The summed E-state index contributed by atoms with van der Waals surface area (Å²) in [7, 11) is 2.30. The Morgan fingerprint density at radius 2 is 1.16 bits per heavy atom. The minimum Gasteiger partial charge on any atom is -0.320 e. The number of quaternary nitrogens is 1. The largest absolute Gasteiger partial charge is 0.385 e. The second-order valence-electron chi connectivity index (χ2n) is 10.0. The summed E-state index contributed by atoms with van der Waals surface area (Å²) in [6, 6.07) is 0. The normalized spacial score (nSPS) is 15.4. The van der Waals surface area contributed by atoms with Crippen molar-refractivity contribution in [2.75, 3.05) is 27.7 Å². The summed E-state index contributed by atoms with van der Waals surface area (Å²) in [4.78, 5) is 10.3. The molecular formula is C26H55NO3P+. The van der Waals surface area contributed by atoms with Gasteiger partial charge in [0.15, 0.2) is 5.78 Å². The highest BCUT2D eigenvalue weighted by molar-refractivity contribution is 7.53. The van der Waals surface area contributed by atoms with Crippen LogP contribution in [0.5, 0.6) is 0 Å². The van der Waals surface area contributed by atoms with Gasteiger partial charge < -0.3 is 13.9 Å². The lowest BCUT2D eigenvalue weighted by atomic mass is 10.1. The van der Waals surface area contributed by atoms with Crippen molar-refractivity contribution in [1.82, 2.24) is 0 Å². The summed E-state index contributed by atoms with van der Waals surface area (Å²) in [5.74, 6) is -0.350. The van der Waals surface area contributed by atoms with Crippen LogP contribution in [0.2, 0.25) is 0 Å². The molecule has 31 heavy (non-hydrogen) atoms. The van der Waals surface area contributed by atoms with Gasteiger partial charge in [-0.05, 0) is 32.1 Å². The van der Waals surface area contributed by atoms with E-state index in [2.05, 4.69) is 19.1 Å². The van der Waals surface area contributed by atoms with Crippen LogP contribution in [0.4, 0.5) is 0 Å². The predicted molar refractivity (Wildman–Crippen MR) is 137 cm³/mol. The van der Waals surface area contributed by atoms with E-state index in [-0.39, 0.29) is 5.78 Å². The molecule has 0 aliphatic carbocycles. The van der Waals surface area contributed by atoms with Crippen molar-refractivity contribution in [3.63, 3.8) is 0 Å². The fourth-order valence-electron chi connectivity index (χ4n) is 4.20. The third-order valence-corrected chi connectivity index (χ3v) is 8.43. The van der Waals surface area contributed by atoms with Gasteiger partial charge in [0, 0.05) is 6.42 Å². The maximum atomic E-state index is 12.5. The van der Waals surface area contributed by atoms with Crippen molar-refractivity contribution < 1.29 is 18.5 Å². The number of allylic oxidation sites excluding steroid dienone is 2. The van der Waals surface area contributed by atoms with Gasteiger partial charge in [-0.15, -0.1) is 0 Å². The average Bonchev–Trinajstić information content (AvgIpc) is 2.68. The zero-order chi connectivity index (χ0) is 23.4. The van der Waals surface area contributed by atoms with E-state index in [9.17, 15) is 9.46 Å². The Morgan fingerprint density at radius 1 is 0.742 bits per heavy atom. The molecule has 0 amide bonds. The SMILES string of the molecule is CCCCCCCCC/C=C\CCCCCCCCCOP(=O)(O)C(CC)[N+](C)(C)C. The molecular weight excluding hydrogens is 405 g/mol. The summed E-state index contributed by atoms with van der Waals surface area (Å²) in [5, 5.41) is 0. The molecule has 0 radical (unpaired) electrons. The van der Waals surface area contributed by atoms with E-state index in [0.29, 0.717) is 17.5 Å². The Hall–Kier alpha value is -0.150. The zero-order valence-electron chi connectivity index (χ0n) is 21.6. The molecule has 0 saturated carbocycles. The van der Waals surface area contributed by atoms with Crippen molar-refractivity contribution in [2.24, 2.45) is 0 Å². The van der Waals surface area contributed by atoms with E-state index in [4.69, 9.17) is 4.52 Å². The van der Waals surface area contributed by atoms with E-state index in [1.807, 2.05) is 28.1 Å². The first kappa shape index (κ1) is 30.9. The predicted octanol–water partition coefficient (Wildman–Crippen LogP) is 8.45. The van der Waals surface area contributed by atoms with Gasteiger partial charge in [0.2, 0.25) is 0 Å². The van der Waals surface area contributed by atoms with Crippen LogP contribution in [0.1, 0.15) is 123 Å². The van der Waals surface area contributed by atoms with Crippen LogP contribution in [0.3, 0.4) is 0 Å². The zero-order valence-corrected chi connectivity index (χ0v) is 22.5. The van der Waals surface area contributed by atoms with Gasteiger partial charge in [-0.25, -0.2) is 0 Å². The molecule has 0 saturated heterocycles. The maximum Gasteiger partial charge on any atom is 0.385 e. The molecule has 0 aliphatic heterocycles. The minimum absolute atomic E-state index is 0.350. The van der Waals surface area contributed by atoms with Crippen LogP contribution < -0.4 is 0 Å². The van der Waals surface area contributed by atoms with Crippen molar-refractivity contribution in [3.05, 3.63) is 12.2 Å². The standard InChI is InChI=1S/C26H54NO3P/c1-6-8-9-10-11-12-13-14-15-16-17-18-19-20-21-22-23-24-25-30-31(28,29)26(7-2)27(3,4)5/h15-16,26H,6-14,17-25H2,1-5H3/p+1/b16-15-. The van der Waals surface area contributed by atoms with Gasteiger partial charge in [0.1, 0.15) is 0 Å². The van der Waals surface area contributed by atoms with E-state index in [1.165, 1.54) is 89.9 Å². The summed E-state index contributed by atoms with van der Waals surface area (Å²) >= 11 is 0. The lowest BCUT2D eigenvalue weighted by Crippen LogP contribution is -2.44. The fourth-order valence-corrected chi connectivity index (χ4v) is 6.10. The summed E-state index contributed by atoms with van der Waals surface area (Å²) < 4.78 is 18.4. The van der Waals surface area contributed by atoms with Gasteiger partial charge in [0.25, 0.3) is 0 Å². The molecule has 2 atom stereocenters. The van der Waals surface area contributed by atoms with Crippen LogP contribution in [-0.2, 0) is 9.09 Å². The first-order valence-corrected chi connectivity index (χ1v) is 14.8. The smallest absolute Gasteiger partial charge is 0.320 e. The van der Waals surface area contributed by atoms with Crippen LogP contribution >= 0.6 is 7.60 Å². The molecule has 0 aromatic carbocycles. The van der Waals surface area contributed by atoms with Crippen molar-refractivity contribution in [3.8, 4) is 0 Å². The highest BCUT2D eigenvalue weighted by atomic mass is 31.2. The van der Waals surface area contributed by atoms with Crippen molar-refractivity contribution >= 4 is 7.60 Å². The maximum absolute atomic E-state index is 12.5. The second kappa shape index (κ2) is 19.3. The molecule has 0 aromatic rings. The van der Waals surface area contributed by atoms with E-state index < -0.39 is 7.60 Å². The molecule has 186 valence electrons. The summed E-state index contributed by atoms with van der Waals surface area (Å²) in [6.45, 7) is 4.62. The Morgan fingerprint density at radius 3 is 1.58 bits per heavy atom. The lowest BCUT2D eigenvalue weighted by molar-refractivity contribution is -0.883. The summed E-state index contributed by atoms with van der Waals surface area (Å²) in [6.07, 6.45) is 25.9. The molecule has 0 aliphatic rings. The van der Waals surface area contributed by atoms with Gasteiger partial charge in [0.05, 0.1) is 27.7 Å². The van der Waals surface area contributed by atoms with E-state index >= 15 is 0 Å². The van der Waals surface area contributed by atoms with Gasteiger partial charge in [-0.3, -0.25) is 4.57 Å². The molecule has 0 spiro atoms. The number of unbranched alkanes of at least 4 members (excludes halogenated alkanes) is 14. The third kappa shape index (κ3) is 18.0. The first-order valence-electron chi connectivity index (χ1n) is 13.2. The van der Waals surface area contributed by atoms with E-state index in [0.717, 1.165) is 12.8 Å². The second-order valence-corrected chi connectivity index (χ2v) is 12.0. The Labute approximate surface area is 195 Å². The highest BCUT2D eigenvalue weighted by Crippen LogP contribution is 2.51. The molecule has 0 rings (SSSR count). The molecule has 0 bridgehead atoms. The number of hydrogen-bond donors (Lipinski definition) is 1. The van der Waals surface area contributed by atoms with Crippen molar-refractivity contribution in [1.29, 1.82) is 0 Å². The molecule has 0 aromatic heterocycles. The lowest BCUT2D eigenvalue weighted by Gasteiger charge is -2.35. The number of nitrogens with zero attached hydrogens (tertiary/aromatic N) is 1. The Bertz CT molecular complexity index is 474. The summed E-state index contributed by atoms with van der Waals surface area (Å²) in [5.41, 5.74) is 0. The van der Waals surface area contributed by atoms with Crippen LogP contribution in [0.15, 0.2) is 12.2 Å². The van der Waals surface area contributed by atoms with Crippen LogP contribution in [0, 0.1) is 0 Å². The molecule has 4 nitrogen and oxygen atoms in total. The number of hydrogen-bond acceptors (Lipinski definition) is 2. The Balaban J connectivity index is 3.48. The van der Waals surface area contributed by atoms with E-state index in [1.54, 1.807) is 0 Å². The number of rotatable bonds is 22. The van der Waals surface area contributed by atoms with Crippen LogP contribution in [0.25, 0.3) is 0 Å². The van der Waals surface area contributed by atoms with Gasteiger partial charge >= 0.3 is 7.60 Å². The molecule has 1 N–H and O–H groups in total. The Kier molecular flexibility index (Phi) is 19.2. The molecule has 5 heteroatoms. The van der Waals surface area contributed by atoms with Crippen molar-refractivity contribution in [2.45, 2.75) is 129 Å². The minimum atomic E-state index is -3.55. The van der Waals surface area contributed by atoms with Crippen LogP contribution in [-0.4, -0.2) is 42.9 Å². The topological polar surface area (TPSA) is 46.5 Å². The molecule has 2 unspecified atom stereocenters. The first-order chi connectivity index (χ1) is 14.8. The fraction of sp³-hybridized carbons (Fsp3) is 0.923. The monoisotopic (exact) mass is 460 g/mol. The molecule has 0 fully saturated rings.